The normalized spacial score (nSPS) is 10.5. The van der Waals surface area contributed by atoms with Crippen molar-refractivity contribution in [2.75, 3.05) is 7.11 Å². The average Bonchev–Trinajstić information content (AvgIpc) is 2.20. The number of benzene rings is 1. The van der Waals surface area contributed by atoms with Gasteiger partial charge in [-0.3, -0.25) is 0 Å². The molecule has 0 radical (unpaired) electrons. The van der Waals surface area contributed by atoms with Crippen LogP contribution in [0.3, 0.4) is 0 Å². The molecule has 0 aliphatic rings. The van der Waals surface area contributed by atoms with Gasteiger partial charge in [0.25, 0.3) is 0 Å². The van der Waals surface area contributed by atoms with Crippen LogP contribution in [0.4, 0.5) is 0 Å². The molecule has 1 aromatic carbocycles. The van der Waals surface area contributed by atoms with E-state index in [4.69, 9.17) is 4.74 Å². The van der Waals surface area contributed by atoms with E-state index in [-0.39, 0.29) is 5.97 Å². The van der Waals surface area contributed by atoms with Gasteiger partial charge in [0, 0.05) is 3.57 Å². The lowest BCUT2D eigenvalue weighted by molar-refractivity contribution is 0.0599. The molecule has 15 heavy (non-hydrogen) atoms. The number of carbonyl (C=O) groups excluding carboxylic acids is 1. The minimum Gasteiger partial charge on any atom is -0.465 e. The fourth-order valence-corrected chi connectivity index (χ4v) is 2.65. The van der Waals surface area contributed by atoms with E-state index < -0.39 is 0 Å². The first-order valence-corrected chi connectivity index (χ1v) is 5.94. The van der Waals surface area contributed by atoms with Crippen LogP contribution in [0.25, 0.3) is 0 Å². The van der Waals surface area contributed by atoms with Gasteiger partial charge in [0.05, 0.1) is 12.7 Å². The summed E-state index contributed by atoms with van der Waals surface area (Å²) in [5.74, 6) is 0.0718. The third kappa shape index (κ3) is 2.51. The lowest BCUT2D eigenvalue weighted by Crippen LogP contribution is -2.09. The Morgan fingerprint density at radius 2 is 2.00 bits per heavy atom. The van der Waals surface area contributed by atoms with E-state index in [1.165, 1.54) is 12.7 Å². The molecule has 0 bridgehead atoms. The highest BCUT2D eigenvalue weighted by Crippen LogP contribution is 2.28. The van der Waals surface area contributed by atoms with Crippen LogP contribution in [-0.2, 0) is 4.74 Å². The number of hydrogen-bond acceptors (Lipinski definition) is 2. The summed E-state index contributed by atoms with van der Waals surface area (Å²) in [5.41, 5.74) is 2.97. The number of carbonyl (C=O) groups is 1. The zero-order valence-electron chi connectivity index (χ0n) is 9.43. The molecule has 1 aromatic rings. The standard InChI is InChI=1S/C12H15IO2/c1-7(2)10-9(12(14)15-4)6-5-8(3)11(10)13/h5-7H,1-4H3. The molecule has 0 atom stereocenters. The molecule has 2 nitrogen and oxygen atoms in total. The van der Waals surface area contributed by atoms with Crippen LogP contribution in [-0.4, -0.2) is 13.1 Å². The predicted octanol–water partition coefficient (Wildman–Crippen LogP) is 3.51. The summed E-state index contributed by atoms with van der Waals surface area (Å²) in [6.07, 6.45) is 0. The van der Waals surface area contributed by atoms with Crippen LogP contribution in [0.15, 0.2) is 12.1 Å². The highest BCUT2D eigenvalue weighted by molar-refractivity contribution is 14.1. The number of rotatable bonds is 2. The fourth-order valence-electron chi connectivity index (χ4n) is 1.55. The summed E-state index contributed by atoms with van der Waals surface area (Å²) in [4.78, 5) is 11.6. The van der Waals surface area contributed by atoms with Crippen molar-refractivity contribution in [3.63, 3.8) is 0 Å². The maximum Gasteiger partial charge on any atom is 0.338 e. The van der Waals surface area contributed by atoms with Crippen molar-refractivity contribution in [3.8, 4) is 0 Å². The molecule has 0 aliphatic heterocycles. The van der Waals surface area contributed by atoms with Crippen LogP contribution in [0.1, 0.15) is 41.3 Å². The number of esters is 1. The molecule has 0 unspecified atom stereocenters. The molecule has 0 aliphatic carbocycles. The predicted molar refractivity (Wildman–Crippen MR) is 69.3 cm³/mol. The first-order valence-electron chi connectivity index (χ1n) is 4.86. The Labute approximate surface area is 104 Å². The number of methoxy groups -OCH3 is 1. The summed E-state index contributed by atoms with van der Waals surface area (Å²) in [6.45, 7) is 6.22. The van der Waals surface area contributed by atoms with Crippen LogP contribution in [0, 0.1) is 10.5 Å². The molecule has 0 fully saturated rings. The molecule has 0 saturated carbocycles. The summed E-state index contributed by atoms with van der Waals surface area (Å²) in [5, 5.41) is 0. The first kappa shape index (κ1) is 12.5. The van der Waals surface area contributed by atoms with Gasteiger partial charge in [0.2, 0.25) is 0 Å². The second kappa shape index (κ2) is 4.96. The highest BCUT2D eigenvalue weighted by Gasteiger charge is 2.17. The van der Waals surface area contributed by atoms with Crippen LogP contribution in [0.2, 0.25) is 0 Å². The quantitative estimate of drug-likeness (QED) is 0.616. The lowest BCUT2D eigenvalue weighted by atomic mass is 9.95. The molecular weight excluding hydrogens is 303 g/mol. The van der Waals surface area contributed by atoms with E-state index in [1.807, 2.05) is 12.1 Å². The van der Waals surface area contributed by atoms with Gasteiger partial charge in [-0.15, -0.1) is 0 Å². The van der Waals surface area contributed by atoms with Gasteiger partial charge < -0.3 is 4.74 Å². The topological polar surface area (TPSA) is 26.3 Å². The van der Waals surface area contributed by atoms with Gasteiger partial charge in [-0.25, -0.2) is 4.79 Å². The molecule has 0 saturated heterocycles. The molecule has 1 rings (SSSR count). The first-order chi connectivity index (χ1) is 6.99. The zero-order valence-corrected chi connectivity index (χ0v) is 11.6. The minimum absolute atomic E-state index is 0.253. The smallest absolute Gasteiger partial charge is 0.338 e. The Bertz CT molecular complexity index is 383. The van der Waals surface area contributed by atoms with Gasteiger partial charge in [-0.05, 0) is 52.6 Å². The third-order valence-electron chi connectivity index (χ3n) is 2.36. The second-order valence-electron chi connectivity index (χ2n) is 3.80. The Hall–Kier alpha value is -0.580. The average molecular weight is 318 g/mol. The fraction of sp³-hybridized carbons (Fsp3) is 0.417. The number of halogens is 1. The Morgan fingerprint density at radius 3 is 2.47 bits per heavy atom. The van der Waals surface area contributed by atoms with Crippen LogP contribution >= 0.6 is 22.6 Å². The summed E-state index contributed by atoms with van der Waals surface area (Å²) < 4.78 is 5.94. The molecule has 0 heterocycles. The van der Waals surface area contributed by atoms with Crippen molar-refractivity contribution in [2.45, 2.75) is 26.7 Å². The number of hydrogen-bond donors (Lipinski definition) is 0. The van der Waals surface area contributed by atoms with Crippen molar-refractivity contribution in [1.29, 1.82) is 0 Å². The van der Waals surface area contributed by atoms with E-state index in [0.717, 1.165) is 9.13 Å². The minimum atomic E-state index is -0.253. The summed E-state index contributed by atoms with van der Waals surface area (Å²) in [7, 11) is 1.42. The summed E-state index contributed by atoms with van der Waals surface area (Å²) in [6, 6.07) is 3.80. The molecule has 0 amide bonds. The van der Waals surface area contributed by atoms with Crippen LogP contribution < -0.4 is 0 Å². The van der Waals surface area contributed by atoms with Crippen molar-refractivity contribution < 1.29 is 9.53 Å². The van der Waals surface area contributed by atoms with Crippen LogP contribution in [0.5, 0.6) is 0 Å². The van der Waals surface area contributed by atoms with Gasteiger partial charge in [0.15, 0.2) is 0 Å². The Morgan fingerprint density at radius 1 is 1.40 bits per heavy atom. The van der Waals surface area contributed by atoms with Gasteiger partial charge in [-0.2, -0.15) is 0 Å². The maximum atomic E-state index is 11.6. The maximum absolute atomic E-state index is 11.6. The monoisotopic (exact) mass is 318 g/mol. The lowest BCUT2D eigenvalue weighted by Gasteiger charge is -2.15. The molecule has 0 spiro atoms. The van der Waals surface area contributed by atoms with Gasteiger partial charge in [0.1, 0.15) is 0 Å². The van der Waals surface area contributed by atoms with E-state index in [1.54, 1.807) is 0 Å². The molecule has 0 N–H and O–H groups in total. The Balaban J connectivity index is 3.40. The van der Waals surface area contributed by atoms with Gasteiger partial charge >= 0.3 is 5.97 Å². The van der Waals surface area contributed by atoms with E-state index >= 15 is 0 Å². The summed E-state index contributed by atoms with van der Waals surface area (Å²) >= 11 is 2.29. The third-order valence-corrected chi connectivity index (χ3v) is 3.79. The van der Waals surface area contributed by atoms with Crippen molar-refractivity contribution in [3.05, 3.63) is 32.4 Å². The van der Waals surface area contributed by atoms with E-state index in [2.05, 4.69) is 43.4 Å². The van der Waals surface area contributed by atoms with Crippen molar-refractivity contribution in [2.24, 2.45) is 0 Å². The van der Waals surface area contributed by atoms with Crippen molar-refractivity contribution in [1.82, 2.24) is 0 Å². The van der Waals surface area contributed by atoms with E-state index in [0.29, 0.717) is 11.5 Å². The zero-order chi connectivity index (χ0) is 11.6. The number of aryl methyl sites for hydroxylation is 1. The molecular formula is C12H15IO2. The van der Waals surface area contributed by atoms with E-state index in [9.17, 15) is 4.79 Å². The molecule has 0 aromatic heterocycles. The second-order valence-corrected chi connectivity index (χ2v) is 4.88. The van der Waals surface area contributed by atoms with Gasteiger partial charge in [-0.1, -0.05) is 19.9 Å². The number of ether oxygens (including phenoxy) is 1. The molecule has 3 heteroatoms. The Kier molecular flexibility index (Phi) is 4.13. The molecule has 82 valence electrons. The largest absolute Gasteiger partial charge is 0.465 e. The highest BCUT2D eigenvalue weighted by atomic mass is 127. The SMILES string of the molecule is COC(=O)c1ccc(C)c(I)c1C(C)C. The van der Waals surface area contributed by atoms with Crippen molar-refractivity contribution >= 4 is 28.6 Å².